The maximum absolute atomic E-state index is 13.2. The van der Waals surface area contributed by atoms with Gasteiger partial charge in [0.15, 0.2) is 0 Å². The molecule has 43 heavy (non-hydrogen) atoms. The number of ether oxygens (including phenoxy) is 3. The van der Waals surface area contributed by atoms with Crippen LogP contribution in [0, 0.1) is 0 Å². The zero-order valence-corrected chi connectivity index (χ0v) is 24.2. The van der Waals surface area contributed by atoms with E-state index >= 15 is 0 Å². The zero-order chi connectivity index (χ0) is 29.3. The highest BCUT2D eigenvalue weighted by atomic mass is 16.5. The minimum atomic E-state index is -0.768. The maximum Gasteiger partial charge on any atom is 0.305 e. The van der Waals surface area contributed by atoms with Gasteiger partial charge in [0.2, 0.25) is 11.8 Å². The second-order valence-electron chi connectivity index (χ2n) is 9.30. The van der Waals surface area contributed by atoms with Crippen molar-refractivity contribution in [1.82, 2.24) is 10.6 Å². The molecule has 0 aliphatic heterocycles. The molecule has 0 aliphatic rings. The van der Waals surface area contributed by atoms with Crippen LogP contribution in [-0.2, 0) is 32.0 Å². The smallest absolute Gasteiger partial charge is 0.305 e. The Labute approximate surface area is 258 Å². The summed E-state index contributed by atoms with van der Waals surface area (Å²) in [5.74, 6) is 0.579. The van der Waals surface area contributed by atoms with E-state index in [1.54, 1.807) is 20.1 Å². The molecule has 0 aliphatic carbocycles. The quantitative estimate of drug-likeness (QED) is 0.106. The third kappa shape index (κ3) is 13.8. The molecule has 3 aromatic carbocycles. The molecule has 3 rings (SSSR count). The van der Waals surface area contributed by atoms with Crippen LogP contribution in [0.5, 0.6) is 11.5 Å². The van der Waals surface area contributed by atoms with Crippen molar-refractivity contribution in [3.05, 3.63) is 102 Å². The fraction of sp³-hybridized carbons (Fsp3) is 0.324. The molecule has 0 saturated carbocycles. The first kappa shape index (κ1) is 36.5. The van der Waals surface area contributed by atoms with Crippen LogP contribution in [0.2, 0.25) is 0 Å². The van der Waals surface area contributed by atoms with Crippen molar-refractivity contribution < 1.29 is 30.0 Å². The van der Waals surface area contributed by atoms with Crippen LogP contribution in [-0.4, -0.2) is 59.1 Å². The number of hydrogen-bond donors (Lipinski definition) is 2. The minimum Gasteiger partial charge on any atom is -0.497 e. The van der Waals surface area contributed by atoms with Gasteiger partial charge in [-0.25, -0.2) is 0 Å². The van der Waals surface area contributed by atoms with E-state index in [1.165, 1.54) is 6.08 Å². The summed E-state index contributed by atoms with van der Waals surface area (Å²) in [7, 11) is 1.62. The molecular weight excluding hydrogens is 543 g/mol. The summed E-state index contributed by atoms with van der Waals surface area (Å²) in [6.45, 7) is 2.96. The number of carbonyl (C=O) groups excluding carboxylic acids is 3. The lowest BCUT2D eigenvalue weighted by molar-refractivity contribution is -0.143. The van der Waals surface area contributed by atoms with Crippen LogP contribution in [0.15, 0.2) is 84.9 Å². The first-order valence-electron chi connectivity index (χ1n) is 13.8. The van der Waals surface area contributed by atoms with Crippen molar-refractivity contribution in [3.63, 3.8) is 0 Å². The molecular formula is C34H44BN2O6. The Hall–Kier alpha value is -4.53. The number of nitrogens with one attached hydrogen (secondary N) is 2. The van der Waals surface area contributed by atoms with Crippen LogP contribution in [0.25, 0.3) is 6.08 Å². The van der Waals surface area contributed by atoms with E-state index in [1.807, 2.05) is 78.9 Å². The molecule has 0 fully saturated rings. The average Bonchev–Trinajstić information content (AvgIpc) is 2.99. The van der Waals surface area contributed by atoms with Crippen LogP contribution in [0.1, 0.15) is 45.3 Å². The van der Waals surface area contributed by atoms with Gasteiger partial charge in [-0.3, -0.25) is 14.4 Å². The van der Waals surface area contributed by atoms with Gasteiger partial charge >= 0.3 is 5.97 Å². The fourth-order valence-electron chi connectivity index (χ4n) is 4.01. The first-order valence-corrected chi connectivity index (χ1v) is 13.8. The SMILES string of the molecule is C.CCOC(=O)CCCOc1ccc(C[C@H](NC(=O)/C=C/c2ccccc2)C(=O)NCCc2ccc(OC)cc2)cc1.[2HH].[B]. The van der Waals surface area contributed by atoms with Gasteiger partial charge < -0.3 is 24.8 Å². The number of amides is 2. The Bertz CT molecular complexity index is 1270. The summed E-state index contributed by atoms with van der Waals surface area (Å²) in [6.07, 6.45) is 4.96. The van der Waals surface area contributed by atoms with Gasteiger partial charge in [-0.15, -0.1) is 0 Å². The van der Waals surface area contributed by atoms with Crippen molar-refractivity contribution in [2.24, 2.45) is 0 Å². The fourth-order valence-corrected chi connectivity index (χ4v) is 4.01. The summed E-state index contributed by atoms with van der Waals surface area (Å²) in [6, 6.07) is 23.8. The van der Waals surface area contributed by atoms with E-state index in [4.69, 9.17) is 14.2 Å². The predicted octanol–water partition coefficient (Wildman–Crippen LogP) is 5.02. The van der Waals surface area contributed by atoms with E-state index in [2.05, 4.69) is 10.6 Å². The van der Waals surface area contributed by atoms with Crippen LogP contribution in [0.3, 0.4) is 0 Å². The second kappa shape index (κ2) is 20.4. The monoisotopic (exact) mass is 588 g/mol. The van der Waals surface area contributed by atoms with Gasteiger partial charge in [0.1, 0.15) is 17.5 Å². The molecule has 0 bridgehead atoms. The van der Waals surface area contributed by atoms with E-state index in [-0.39, 0.29) is 35.0 Å². The molecule has 8 nitrogen and oxygen atoms in total. The van der Waals surface area contributed by atoms with Crippen LogP contribution >= 0.6 is 0 Å². The van der Waals surface area contributed by atoms with Gasteiger partial charge in [0.25, 0.3) is 0 Å². The van der Waals surface area contributed by atoms with Crippen LogP contribution < -0.4 is 20.1 Å². The highest BCUT2D eigenvalue weighted by Crippen LogP contribution is 2.15. The highest BCUT2D eigenvalue weighted by Gasteiger charge is 2.20. The van der Waals surface area contributed by atoms with Crippen molar-refractivity contribution in [2.45, 2.75) is 46.1 Å². The predicted molar refractivity (Wildman–Crippen MR) is 173 cm³/mol. The normalized spacial score (nSPS) is 10.9. The molecule has 3 radical (unpaired) electrons. The molecule has 9 heteroatoms. The third-order valence-electron chi connectivity index (χ3n) is 6.19. The molecule has 2 N–H and O–H groups in total. The Morgan fingerprint density at radius 3 is 2.21 bits per heavy atom. The summed E-state index contributed by atoms with van der Waals surface area (Å²) >= 11 is 0. The van der Waals surface area contributed by atoms with E-state index in [0.717, 1.165) is 22.4 Å². The number of rotatable bonds is 16. The van der Waals surface area contributed by atoms with Gasteiger partial charge in [-0.05, 0) is 66.8 Å². The largest absolute Gasteiger partial charge is 0.497 e. The Kier molecular flexibility index (Phi) is 17.3. The molecule has 0 heterocycles. The number of hydrogen-bond acceptors (Lipinski definition) is 6. The summed E-state index contributed by atoms with van der Waals surface area (Å²) < 4.78 is 15.8. The third-order valence-corrected chi connectivity index (χ3v) is 6.19. The molecule has 229 valence electrons. The van der Waals surface area contributed by atoms with E-state index < -0.39 is 6.04 Å². The van der Waals surface area contributed by atoms with Crippen molar-refractivity contribution in [3.8, 4) is 11.5 Å². The number of esters is 1. The standard InChI is InChI=1S/C33H38N2O6.CH4.B.H2/c1-3-40-32(37)10-7-23-41-29-18-13-27(14-19-29)24-30(35-31(36)20-15-25-8-5-4-6-9-25)33(38)34-22-21-26-11-16-28(39-2)17-12-26;;;/h4-6,8-9,11-20,30H,3,7,10,21-24H2,1-2H3,(H,34,38)(H,35,36);1H4;;1H/b20-15+;;;/t30-;;;/m0.../s1/i;;;1+1. The Balaban J connectivity index is 0.00000616. The molecule has 0 aromatic heterocycles. The number of carbonyl (C=O) groups is 3. The Morgan fingerprint density at radius 1 is 0.907 bits per heavy atom. The highest BCUT2D eigenvalue weighted by molar-refractivity contribution is 5.95. The van der Waals surface area contributed by atoms with Gasteiger partial charge in [-0.1, -0.05) is 62.0 Å². The van der Waals surface area contributed by atoms with E-state index in [0.29, 0.717) is 51.2 Å². The number of methoxy groups -OCH3 is 1. The van der Waals surface area contributed by atoms with Crippen molar-refractivity contribution >= 4 is 32.3 Å². The maximum atomic E-state index is 13.2. The second-order valence-corrected chi connectivity index (χ2v) is 9.30. The first-order chi connectivity index (χ1) is 20.0. The number of benzene rings is 3. The lowest BCUT2D eigenvalue weighted by Crippen LogP contribution is -2.48. The molecule has 3 aromatic rings. The lowest BCUT2D eigenvalue weighted by Gasteiger charge is -2.18. The molecule has 0 saturated heterocycles. The summed E-state index contributed by atoms with van der Waals surface area (Å²) in [5.41, 5.74) is 2.82. The minimum absolute atomic E-state index is 0. The Morgan fingerprint density at radius 2 is 1.56 bits per heavy atom. The van der Waals surface area contributed by atoms with Gasteiger partial charge in [-0.2, -0.15) is 0 Å². The molecule has 1 atom stereocenters. The van der Waals surface area contributed by atoms with Gasteiger partial charge in [0, 0.05) is 35.3 Å². The topological polar surface area (TPSA) is 103 Å². The van der Waals surface area contributed by atoms with Crippen molar-refractivity contribution in [2.75, 3.05) is 26.9 Å². The van der Waals surface area contributed by atoms with E-state index in [9.17, 15) is 14.4 Å². The zero-order valence-electron chi connectivity index (χ0n) is 24.2. The van der Waals surface area contributed by atoms with Crippen LogP contribution in [0.4, 0.5) is 0 Å². The molecule has 0 spiro atoms. The van der Waals surface area contributed by atoms with Crippen molar-refractivity contribution in [1.29, 1.82) is 0 Å². The molecule has 0 unspecified atom stereocenters. The summed E-state index contributed by atoms with van der Waals surface area (Å²) in [5, 5.41) is 5.80. The summed E-state index contributed by atoms with van der Waals surface area (Å²) in [4.78, 5) is 37.3. The molecule has 2 amide bonds. The lowest BCUT2D eigenvalue weighted by atomic mass is 10.0. The average molecular weight is 589 g/mol. The van der Waals surface area contributed by atoms with Gasteiger partial charge in [0.05, 0.1) is 20.3 Å².